The molecule has 1 amide bonds. The molecular weight excluding hydrogens is 268 g/mol. The van der Waals surface area contributed by atoms with Gasteiger partial charge in [0.2, 0.25) is 0 Å². The van der Waals surface area contributed by atoms with Crippen molar-refractivity contribution in [1.29, 1.82) is 0 Å². The zero-order valence-electron chi connectivity index (χ0n) is 11.4. The number of benzene rings is 1. The van der Waals surface area contributed by atoms with Gasteiger partial charge in [-0.15, -0.1) is 0 Å². The third-order valence-electron chi connectivity index (χ3n) is 2.77. The van der Waals surface area contributed by atoms with Crippen LogP contribution in [0.5, 0.6) is 5.75 Å². The van der Waals surface area contributed by atoms with Gasteiger partial charge >= 0.3 is 0 Å². The summed E-state index contributed by atoms with van der Waals surface area (Å²) in [5.74, 6) is 4.69. The smallest absolute Gasteiger partial charge is 0.259 e. The van der Waals surface area contributed by atoms with Crippen molar-refractivity contribution in [3.8, 4) is 17.6 Å². The minimum Gasteiger partial charge on any atom is -0.505 e. The quantitative estimate of drug-likeness (QED) is 0.732. The highest BCUT2D eigenvalue weighted by atomic mass is 16.3. The van der Waals surface area contributed by atoms with Gasteiger partial charge < -0.3 is 15.5 Å². The number of amides is 1. The molecule has 0 saturated heterocycles. The van der Waals surface area contributed by atoms with Crippen LogP contribution < -0.4 is 5.32 Å². The van der Waals surface area contributed by atoms with Crippen molar-refractivity contribution >= 4 is 11.6 Å². The van der Waals surface area contributed by atoms with Crippen LogP contribution in [0.1, 0.15) is 21.5 Å². The first-order chi connectivity index (χ1) is 10.1. The molecule has 2 aromatic rings. The van der Waals surface area contributed by atoms with E-state index in [0.29, 0.717) is 11.3 Å². The van der Waals surface area contributed by atoms with Gasteiger partial charge in [0.1, 0.15) is 12.4 Å². The number of aromatic nitrogens is 1. The van der Waals surface area contributed by atoms with Gasteiger partial charge in [0, 0.05) is 11.8 Å². The van der Waals surface area contributed by atoms with Crippen molar-refractivity contribution in [2.75, 3.05) is 11.9 Å². The van der Waals surface area contributed by atoms with Crippen molar-refractivity contribution in [1.82, 2.24) is 4.98 Å². The molecule has 0 spiro atoms. The van der Waals surface area contributed by atoms with E-state index in [0.717, 1.165) is 5.56 Å². The Morgan fingerprint density at radius 2 is 2.19 bits per heavy atom. The lowest BCUT2D eigenvalue weighted by molar-refractivity contribution is 0.102. The lowest BCUT2D eigenvalue weighted by Crippen LogP contribution is -2.13. The maximum absolute atomic E-state index is 12.1. The van der Waals surface area contributed by atoms with E-state index in [1.54, 1.807) is 6.07 Å². The van der Waals surface area contributed by atoms with E-state index >= 15 is 0 Å². The summed E-state index contributed by atoms with van der Waals surface area (Å²) in [7, 11) is 0. The van der Waals surface area contributed by atoms with Crippen LogP contribution in [-0.2, 0) is 0 Å². The molecule has 21 heavy (non-hydrogen) atoms. The molecule has 0 aliphatic carbocycles. The summed E-state index contributed by atoms with van der Waals surface area (Å²) in [6, 6.07) is 6.81. The van der Waals surface area contributed by atoms with Gasteiger partial charge in [-0.3, -0.25) is 9.78 Å². The second-order valence-corrected chi connectivity index (χ2v) is 4.36. The van der Waals surface area contributed by atoms with Crippen LogP contribution in [0.2, 0.25) is 0 Å². The van der Waals surface area contributed by atoms with E-state index in [2.05, 4.69) is 22.1 Å². The Kier molecular flexibility index (Phi) is 4.54. The molecule has 0 atom stereocenters. The standard InChI is InChI=1S/C16H14N2O3/c1-11-4-5-14(12(9-11)3-2-8-19)18-16(21)13-6-7-17-10-15(13)20/h4-7,9-10,19-20H,8H2,1H3,(H,18,21). The third-order valence-corrected chi connectivity index (χ3v) is 2.77. The average Bonchev–Trinajstić information content (AvgIpc) is 2.47. The van der Waals surface area contributed by atoms with Crippen molar-refractivity contribution in [2.45, 2.75) is 6.92 Å². The Bertz CT molecular complexity index is 730. The van der Waals surface area contributed by atoms with Crippen LogP contribution >= 0.6 is 0 Å². The summed E-state index contributed by atoms with van der Waals surface area (Å²) < 4.78 is 0. The fourth-order valence-electron chi connectivity index (χ4n) is 1.77. The molecule has 3 N–H and O–H groups in total. The normalized spacial score (nSPS) is 9.62. The fraction of sp³-hybridized carbons (Fsp3) is 0.125. The summed E-state index contributed by atoms with van der Waals surface area (Å²) in [4.78, 5) is 15.9. The molecule has 106 valence electrons. The van der Waals surface area contributed by atoms with Gasteiger partial charge in [0.05, 0.1) is 17.4 Å². The average molecular weight is 282 g/mol. The zero-order chi connectivity index (χ0) is 15.2. The molecule has 5 heteroatoms. The number of aryl methyl sites for hydroxylation is 1. The number of nitrogens with zero attached hydrogens (tertiary/aromatic N) is 1. The predicted octanol–water partition coefficient (Wildman–Crippen LogP) is 1.69. The van der Waals surface area contributed by atoms with Crippen LogP contribution in [0.4, 0.5) is 5.69 Å². The second-order valence-electron chi connectivity index (χ2n) is 4.36. The van der Waals surface area contributed by atoms with Gasteiger partial charge in [-0.1, -0.05) is 17.9 Å². The summed E-state index contributed by atoms with van der Waals surface area (Å²) in [6.07, 6.45) is 2.63. The number of carbonyl (C=O) groups excluding carboxylic acids is 1. The Hall–Kier alpha value is -2.84. The molecule has 0 aliphatic rings. The zero-order valence-corrected chi connectivity index (χ0v) is 11.4. The molecule has 0 bridgehead atoms. The lowest BCUT2D eigenvalue weighted by atomic mass is 10.1. The maximum Gasteiger partial charge on any atom is 0.259 e. The molecule has 0 unspecified atom stereocenters. The first-order valence-electron chi connectivity index (χ1n) is 6.26. The molecule has 5 nitrogen and oxygen atoms in total. The van der Waals surface area contributed by atoms with E-state index in [-0.39, 0.29) is 17.9 Å². The monoisotopic (exact) mass is 282 g/mol. The lowest BCUT2D eigenvalue weighted by Gasteiger charge is -2.09. The molecule has 1 aromatic heterocycles. The van der Waals surface area contributed by atoms with Crippen LogP contribution in [0.3, 0.4) is 0 Å². The second kappa shape index (κ2) is 6.55. The Morgan fingerprint density at radius 3 is 2.90 bits per heavy atom. The van der Waals surface area contributed by atoms with Gasteiger partial charge in [-0.2, -0.15) is 0 Å². The maximum atomic E-state index is 12.1. The van der Waals surface area contributed by atoms with E-state index in [1.807, 2.05) is 19.1 Å². The van der Waals surface area contributed by atoms with E-state index < -0.39 is 5.91 Å². The first kappa shape index (κ1) is 14.6. The molecular formula is C16H14N2O3. The van der Waals surface area contributed by atoms with E-state index in [1.165, 1.54) is 18.5 Å². The number of rotatable bonds is 2. The molecule has 2 rings (SSSR count). The topological polar surface area (TPSA) is 82.5 Å². The highest BCUT2D eigenvalue weighted by Gasteiger charge is 2.12. The number of carbonyl (C=O) groups is 1. The van der Waals surface area contributed by atoms with Gasteiger partial charge in [0.15, 0.2) is 0 Å². The fourth-order valence-corrected chi connectivity index (χ4v) is 1.77. The van der Waals surface area contributed by atoms with Crippen molar-refractivity contribution < 1.29 is 15.0 Å². The number of hydrogen-bond donors (Lipinski definition) is 3. The largest absolute Gasteiger partial charge is 0.505 e. The summed E-state index contributed by atoms with van der Waals surface area (Å²) in [5.41, 5.74) is 2.24. The third kappa shape index (κ3) is 3.59. The number of anilines is 1. The molecule has 1 heterocycles. The van der Waals surface area contributed by atoms with E-state index in [4.69, 9.17) is 5.11 Å². The minimum absolute atomic E-state index is 0.131. The highest BCUT2D eigenvalue weighted by molar-refractivity contribution is 6.06. The predicted molar refractivity (Wildman–Crippen MR) is 79.0 cm³/mol. The number of aromatic hydroxyl groups is 1. The van der Waals surface area contributed by atoms with Crippen molar-refractivity contribution in [3.05, 3.63) is 53.3 Å². The minimum atomic E-state index is -0.453. The first-order valence-corrected chi connectivity index (χ1v) is 6.26. The van der Waals surface area contributed by atoms with Crippen molar-refractivity contribution in [2.24, 2.45) is 0 Å². The Balaban J connectivity index is 2.31. The number of nitrogens with one attached hydrogen (secondary N) is 1. The van der Waals surface area contributed by atoms with Crippen LogP contribution in [0.15, 0.2) is 36.7 Å². The van der Waals surface area contributed by atoms with Crippen LogP contribution in [-0.4, -0.2) is 27.7 Å². The highest BCUT2D eigenvalue weighted by Crippen LogP contribution is 2.20. The number of hydrogen-bond acceptors (Lipinski definition) is 4. The Labute approximate surface area is 122 Å². The van der Waals surface area contributed by atoms with E-state index in [9.17, 15) is 9.90 Å². The molecule has 1 aromatic carbocycles. The Morgan fingerprint density at radius 1 is 1.38 bits per heavy atom. The summed E-state index contributed by atoms with van der Waals surface area (Å²) in [5, 5.41) is 21.1. The van der Waals surface area contributed by atoms with Gasteiger partial charge in [0.25, 0.3) is 5.91 Å². The summed E-state index contributed by atoms with van der Waals surface area (Å²) >= 11 is 0. The van der Waals surface area contributed by atoms with Crippen LogP contribution in [0.25, 0.3) is 0 Å². The molecule has 0 aliphatic heterocycles. The molecule has 0 fully saturated rings. The van der Waals surface area contributed by atoms with Crippen molar-refractivity contribution in [3.63, 3.8) is 0 Å². The van der Waals surface area contributed by atoms with Gasteiger partial charge in [-0.25, -0.2) is 0 Å². The van der Waals surface area contributed by atoms with Gasteiger partial charge in [-0.05, 0) is 30.7 Å². The molecule has 0 radical (unpaired) electrons. The van der Waals surface area contributed by atoms with Crippen LogP contribution in [0, 0.1) is 18.8 Å². The SMILES string of the molecule is Cc1ccc(NC(=O)c2ccncc2O)c(C#CCO)c1. The number of pyridine rings is 1. The number of aliphatic hydroxyl groups is 1. The summed E-state index contributed by atoms with van der Waals surface area (Å²) in [6.45, 7) is 1.65. The molecule has 0 saturated carbocycles. The number of aliphatic hydroxyl groups excluding tert-OH is 1.